The topological polar surface area (TPSA) is 12.9 Å². The lowest BCUT2D eigenvalue weighted by atomic mass is 9.85. The standard InChI is InChI=1S/C8H11NS/c1-6-9-5-8(10-6)7-3-2-4-7/h5,7H,2-4H2,1H3. The predicted octanol–water partition coefficient (Wildman–Crippen LogP) is 2.72. The highest BCUT2D eigenvalue weighted by Gasteiger charge is 2.20. The Labute approximate surface area is 65.1 Å². The molecule has 0 amide bonds. The molecule has 2 rings (SSSR count). The molecule has 0 aliphatic heterocycles. The maximum Gasteiger partial charge on any atom is 0.0896 e. The molecule has 10 heavy (non-hydrogen) atoms. The molecule has 1 fully saturated rings. The minimum Gasteiger partial charge on any atom is -0.250 e. The zero-order chi connectivity index (χ0) is 6.97. The summed E-state index contributed by atoms with van der Waals surface area (Å²) in [6.07, 6.45) is 6.24. The highest BCUT2D eigenvalue weighted by molar-refractivity contribution is 7.11. The lowest BCUT2D eigenvalue weighted by Crippen LogP contribution is -2.06. The van der Waals surface area contributed by atoms with Crippen molar-refractivity contribution in [3.8, 4) is 0 Å². The van der Waals surface area contributed by atoms with E-state index in [1.165, 1.54) is 29.1 Å². The molecular formula is C8H11NS. The first kappa shape index (κ1) is 6.35. The van der Waals surface area contributed by atoms with Crippen molar-refractivity contribution >= 4 is 11.3 Å². The van der Waals surface area contributed by atoms with Gasteiger partial charge in [-0.25, -0.2) is 4.98 Å². The van der Waals surface area contributed by atoms with E-state index in [1.54, 1.807) is 0 Å². The van der Waals surface area contributed by atoms with Gasteiger partial charge in [-0.3, -0.25) is 0 Å². The summed E-state index contributed by atoms with van der Waals surface area (Å²) in [4.78, 5) is 5.74. The Bertz CT molecular complexity index is 225. The molecule has 1 aromatic rings. The number of hydrogen-bond donors (Lipinski definition) is 0. The number of aromatic nitrogens is 1. The maximum atomic E-state index is 4.24. The predicted molar refractivity (Wildman–Crippen MR) is 43.4 cm³/mol. The highest BCUT2D eigenvalue weighted by atomic mass is 32.1. The Morgan fingerprint density at radius 1 is 1.60 bits per heavy atom. The van der Waals surface area contributed by atoms with Crippen LogP contribution in [0.5, 0.6) is 0 Å². The lowest BCUT2D eigenvalue weighted by Gasteiger charge is -2.23. The SMILES string of the molecule is Cc1ncc(C2CCC2)s1. The van der Waals surface area contributed by atoms with Gasteiger partial charge in [-0.2, -0.15) is 0 Å². The summed E-state index contributed by atoms with van der Waals surface area (Å²) in [5, 5.41) is 1.21. The zero-order valence-corrected chi connectivity index (χ0v) is 6.95. The third-order valence-corrected chi connectivity index (χ3v) is 3.22. The van der Waals surface area contributed by atoms with Crippen LogP contribution in [0, 0.1) is 6.92 Å². The Balaban J connectivity index is 2.17. The summed E-state index contributed by atoms with van der Waals surface area (Å²) in [6.45, 7) is 2.08. The summed E-state index contributed by atoms with van der Waals surface area (Å²) < 4.78 is 0. The third kappa shape index (κ3) is 0.966. The van der Waals surface area contributed by atoms with E-state index in [2.05, 4.69) is 11.9 Å². The molecule has 2 heteroatoms. The normalized spacial score (nSPS) is 18.9. The van der Waals surface area contributed by atoms with Gasteiger partial charge in [0, 0.05) is 11.1 Å². The average molecular weight is 153 g/mol. The Hall–Kier alpha value is -0.370. The van der Waals surface area contributed by atoms with Crippen LogP contribution in [-0.2, 0) is 0 Å². The van der Waals surface area contributed by atoms with Gasteiger partial charge in [0.15, 0.2) is 0 Å². The number of nitrogens with zero attached hydrogens (tertiary/aromatic N) is 1. The second-order valence-electron chi connectivity index (χ2n) is 2.91. The van der Waals surface area contributed by atoms with Crippen LogP contribution in [0.4, 0.5) is 0 Å². The van der Waals surface area contributed by atoms with Crippen molar-refractivity contribution in [3.63, 3.8) is 0 Å². The molecule has 0 aromatic carbocycles. The third-order valence-electron chi connectivity index (χ3n) is 2.15. The summed E-state index contributed by atoms with van der Waals surface area (Å²) in [5.74, 6) is 0.867. The number of hydrogen-bond acceptors (Lipinski definition) is 2. The average Bonchev–Trinajstić information content (AvgIpc) is 2.10. The van der Waals surface area contributed by atoms with Crippen LogP contribution in [0.2, 0.25) is 0 Å². The molecule has 0 unspecified atom stereocenters. The van der Waals surface area contributed by atoms with E-state index in [4.69, 9.17) is 0 Å². The van der Waals surface area contributed by atoms with Gasteiger partial charge in [-0.05, 0) is 25.7 Å². The molecule has 1 nitrogen and oxygen atoms in total. The van der Waals surface area contributed by atoms with Gasteiger partial charge < -0.3 is 0 Å². The van der Waals surface area contributed by atoms with E-state index in [-0.39, 0.29) is 0 Å². The molecule has 0 radical (unpaired) electrons. The maximum absolute atomic E-state index is 4.24. The van der Waals surface area contributed by atoms with E-state index in [0.29, 0.717) is 0 Å². The van der Waals surface area contributed by atoms with Crippen LogP contribution >= 0.6 is 11.3 Å². The molecule has 1 aliphatic rings. The van der Waals surface area contributed by atoms with E-state index >= 15 is 0 Å². The van der Waals surface area contributed by atoms with Crippen molar-refractivity contribution in [1.29, 1.82) is 0 Å². The molecule has 54 valence electrons. The fourth-order valence-corrected chi connectivity index (χ4v) is 2.21. The van der Waals surface area contributed by atoms with Crippen LogP contribution in [0.15, 0.2) is 6.20 Å². The molecule has 0 atom stereocenters. The largest absolute Gasteiger partial charge is 0.250 e. The van der Waals surface area contributed by atoms with E-state index < -0.39 is 0 Å². The molecule has 0 saturated heterocycles. The van der Waals surface area contributed by atoms with Crippen LogP contribution in [-0.4, -0.2) is 4.98 Å². The van der Waals surface area contributed by atoms with Crippen molar-refractivity contribution in [2.75, 3.05) is 0 Å². The van der Waals surface area contributed by atoms with E-state index in [1.807, 2.05) is 17.5 Å². The summed E-state index contributed by atoms with van der Waals surface area (Å²) in [6, 6.07) is 0. The molecular weight excluding hydrogens is 142 g/mol. The molecule has 1 saturated carbocycles. The van der Waals surface area contributed by atoms with Crippen molar-refractivity contribution in [2.45, 2.75) is 32.1 Å². The first-order valence-corrected chi connectivity index (χ1v) is 4.60. The smallest absolute Gasteiger partial charge is 0.0896 e. The quantitative estimate of drug-likeness (QED) is 0.604. The molecule has 0 spiro atoms. The van der Waals surface area contributed by atoms with Gasteiger partial charge in [-0.1, -0.05) is 6.42 Å². The minimum atomic E-state index is 0.867. The summed E-state index contributed by atoms with van der Waals surface area (Å²) in [5.41, 5.74) is 0. The van der Waals surface area contributed by atoms with Crippen LogP contribution in [0.25, 0.3) is 0 Å². The Morgan fingerprint density at radius 3 is 2.80 bits per heavy atom. The van der Waals surface area contributed by atoms with Crippen molar-refractivity contribution < 1.29 is 0 Å². The first-order valence-electron chi connectivity index (χ1n) is 3.78. The second kappa shape index (κ2) is 2.35. The van der Waals surface area contributed by atoms with Crippen molar-refractivity contribution in [3.05, 3.63) is 16.1 Å². The first-order chi connectivity index (χ1) is 4.86. The molecule has 0 N–H and O–H groups in total. The monoisotopic (exact) mass is 153 g/mol. The molecule has 0 bridgehead atoms. The van der Waals surface area contributed by atoms with Crippen molar-refractivity contribution in [1.82, 2.24) is 4.98 Å². The Morgan fingerprint density at radius 2 is 2.40 bits per heavy atom. The van der Waals surface area contributed by atoms with E-state index in [9.17, 15) is 0 Å². The molecule has 1 aliphatic carbocycles. The van der Waals surface area contributed by atoms with Gasteiger partial charge in [0.1, 0.15) is 0 Å². The molecule has 1 aromatic heterocycles. The summed E-state index contributed by atoms with van der Waals surface area (Å²) >= 11 is 1.86. The van der Waals surface area contributed by atoms with E-state index in [0.717, 1.165) is 5.92 Å². The Kier molecular flexibility index (Phi) is 1.49. The van der Waals surface area contributed by atoms with Gasteiger partial charge in [-0.15, -0.1) is 11.3 Å². The highest BCUT2D eigenvalue weighted by Crippen LogP contribution is 2.38. The zero-order valence-electron chi connectivity index (χ0n) is 6.13. The minimum absolute atomic E-state index is 0.867. The number of aryl methyl sites for hydroxylation is 1. The van der Waals surface area contributed by atoms with Crippen LogP contribution in [0.1, 0.15) is 35.1 Å². The number of rotatable bonds is 1. The fraction of sp³-hybridized carbons (Fsp3) is 0.625. The lowest BCUT2D eigenvalue weighted by molar-refractivity contribution is 0.425. The fourth-order valence-electron chi connectivity index (χ4n) is 1.26. The van der Waals surface area contributed by atoms with Gasteiger partial charge in [0.2, 0.25) is 0 Å². The second-order valence-corrected chi connectivity index (χ2v) is 4.18. The van der Waals surface area contributed by atoms with Crippen molar-refractivity contribution in [2.24, 2.45) is 0 Å². The molecule has 1 heterocycles. The summed E-state index contributed by atoms with van der Waals surface area (Å²) in [7, 11) is 0. The van der Waals surface area contributed by atoms with Crippen LogP contribution < -0.4 is 0 Å². The van der Waals surface area contributed by atoms with Crippen LogP contribution in [0.3, 0.4) is 0 Å². The van der Waals surface area contributed by atoms with Gasteiger partial charge in [0.25, 0.3) is 0 Å². The number of thiazole rings is 1. The van der Waals surface area contributed by atoms with Gasteiger partial charge in [0.05, 0.1) is 5.01 Å². The van der Waals surface area contributed by atoms with Gasteiger partial charge >= 0.3 is 0 Å².